The molecule has 2 fully saturated rings. The molecule has 2 amide bonds. The second-order valence-electron chi connectivity index (χ2n) is 5.97. The first-order valence-electron chi connectivity index (χ1n) is 7.49. The van der Waals surface area contributed by atoms with Crippen molar-refractivity contribution < 1.29 is 19.8 Å². The monoisotopic (exact) mass is 284 g/mol. The molecular weight excluding hydrogens is 260 g/mol. The Morgan fingerprint density at radius 3 is 2.45 bits per heavy atom. The normalized spacial score (nSPS) is 34.0. The Bertz CT molecular complexity index is 366. The molecule has 1 saturated carbocycles. The van der Waals surface area contributed by atoms with Gasteiger partial charge in [0.2, 0.25) is 0 Å². The number of aliphatic hydroxyl groups is 1. The van der Waals surface area contributed by atoms with Crippen LogP contribution in [0.25, 0.3) is 0 Å². The highest BCUT2D eigenvalue weighted by Crippen LogP contribution is 2.27. The van der Waals surface area contributed by atoms with Crippen LogP contribution in [0.5, 0.6) is 0 Å². The van der Waals surface area contributed by atoms with E-state index in [0.717, 1.165) is 31.6 Å². The molecule has 2 atom stereocenters. The fourth-order valence-electron chi connectivity index (χ4n) is 3.24. The molecule has 2 aliphatic rings. The van der Waals surface area contributed by atoms with Crippen LogP contribution < -0.4 is 5.32 Å². The summed E-state index contributed by atoms with van der Waals surface area (Å²) < 4.78 is 0. The first-order chi connectivity index (χ1) is 9.51. The van der Waals surface area contributed by atoms with Crippen LogP contribution in [0, 0.1) is 5.92 Å². The molecular formula is C14H24N2O4. The minimum Gasteiger partial charge on any atom is -0.480 e. The maximum atomic E-state index is 12.2. The lowest BCUT2D eigenvalue weighted by Crippen LogP contribution is -2.49. The molecule has 3 N–H and O–H groups in total. The van der Waals surface area contributed by atoms with Crippen LogP contribution in [0.1, 0.15) is 45.4 Å². The lowest BCUT2D eigenvalue weighted by molar-refractivity contribution is -0.141. The molecule has 6 nitrogen and oxygen atoms in total. The summed E-state index contributed by atoms with van der Waals surface area (Å²) in [7, 11) is 0. The first-order valence-corrected chi connectivity index (χ1v) is 7.49. The van der Waals surface area contributed by atoms with Crippen LogP contribution in [-0.2, 0) is 4.79 Å². The second-order valence-corrected chi connectivity index (χ2v) is 5.97. The summed E-state index contributed by atoms with van der Waals surface area (Å²) in [6, 6.07) is -1.12. The lowest BCUT2D eigenvalue weighted by Gasteiger charge is -2.31. The number of carbonyl (C=O) groups is 2. The van der Waals surface area contributed by atoms with Crippen molar-refractivity contribution >= 4 is 12.0 Å². The number of aliphatic carboxylic acids is 1. The van der Waals surface area contributed by atoms with Crippen LogP contribution in [0.2, 0.25) is 0 Å². The van der Waals surface area contributed by atoms with Crippen LogP contribution in [-0.4, -0.2) is 51.8 Å². The third kappa shape index (κ3) is 3.42. The molecule has 114 valence electrons. The molecule has 0 spiro atoms. The third-order valence-corrected chi connectivity index (χ3v) is 4.58. The van der Waals surface area contributed by atoms with E-state index in [9.17, 15) is 14.7 Å². The Labute approximate surface area is 119 Å². The Hall–Kier alpha value is -1.30. The van der Waals surface area contributed by atoms with Gasteiger partial charge in [-0.05, 0) is 31.6 Å². The number of urea groups is 1. The van der Waals surface area contributed by atoms with E-state index >= 15 is 0 Å². The number of carbonyl (C=O) groups excluding carboxylic acids is 1. The van der Waals surface area contributed by atoms with E-state index in [2.05, 4.69) is 12.2 Å². The van der Waals surface area contributed by atoms with Crippen molar-refractivity contribution in [1.29, 1.82) is 0 Å². The van der Waals surface area contributed by atoms with Crippen LogP contribution in [0.3, 0.4) is 0 Å². The zero-order chi connectivity index (χ0) is 14.7. The number of β-amino-alcohol motifs (C(OH)–C–C–N with tert-alkyl or cyclic N) is 1. The SMILES string of the molecule is CCC1CCC(NC(=O)N2C[C@@H](O)C[C@H]2C(=O)O)CC1. The zero-order valence-corrected chi connectivity index (χ0v) is 11.9. The highest BCUT2D eigenvalue weighted by atomic mass is 16.4. The molecule has 0 aromatic heterocycles. The molecule has 0 unspecified atom stereocenters. The highest BCUT2D eigenvalue weighted by molar-refractivity contribution is 5.83. The van der Waals surface area contributed by atoms with Gasteiger partial charge in [0.05, 0.1) is 6.10 Å². The van der Waals surface area contributed by atoms with Crippen molar-refractivity contribution in [2.24, 2.45) is 5.92 Å². The molecule has 6 heteroatoms. The van der Waals surface area contributed by atoms with Gasteiger partial charge < -0.3 is 20.4 Å². The maximum Gasteiger partial charge on any atom is 0.326 e. The van der Waals surface area contributed by atoms with Gasteiger partial charge in [-0.25, -0.2) is 9.59 Å². The number of nitrogens with one attached hydrogen (secondary N) is 1. The third-order valence-electron chi connectivity index (χ3n) is 4.58. The van der Waals surface area contributed by atoms with Crippen LogP contribution in [0.4, 0.5) is 4.79 Å². The Morgan fingerprint density at radius 1 is 1.25 bits per heavy atom. The summed E-state index contributed by atoms with van der Waals surface area (Å²) in [4.78, 5) is 24.5. The number of hydrogen-bond donors (Lipinski definition) is 3. The number of carboxylic acids is 1. The molecule has 1 heterocycles. The molecule has 20 heavy (non-hydrogen) atoms. The van der Waals surface area contributed by atoms with Gasteiger partial charge in [0.1, 0.15) is 6.04 Å². The number of hydrogen-bond acceptors (Lipinski definition) is 3. The van der Waals surface area contributed by atoms with Gasteiger partial charge >= 0.3 is 12.0 Å². The molecule has 0 bridgehead atoms. The quantitative estimate of drug-likeness (QED) is 0.726. The van der Waals surface area contributed by atoms with Crippen molar-refractivity contribution in [2.75, 3.05) is 6.54 Å². The molecule has 1 saturated heterocycles. The van der Waals surface area contributed by atoms with E-state index in [1.807, 2.05) is 0 Å². The van der Waals surface area contributed by atoms with Crippen molar-refractivity contribution in [3.63, 3.8) is 0 Å². The van der Waals surface area contributed by atoms with E-state index in [4.69, 9.17) is 5.11 Å². The molecule has 2 rings (SSSR count). The minimum absolute atomic E-state index is 0.104. The van der Waals surface area contributed by atoms with Crippen LogP contribution in [0.15, 0.2) is 0 Å². The zero-order valence-electron chi connectivity index (χ0n) is 11.9. The Morgan fingerprint density at radius 2 is 1.90 bits per heavy atom. The number of aliphatic hydroxyl groups excluding tert-OH is 1. The van der Waals surface area contributed by atoms with Gasteiger partial charge in [0, 0.05) is 19.0 Å². The summed E-state index contributed by atoms with van der Waals surface area (Å²) in [6.45, 7) is 2.29. The fourth-order valence-corrected chi connectivity index (χ4v) is 3.24. The van der Waals surface area contributed by atoms with Crippen molar-refractivity contribution in [3.05, 3.63) is 0 Å². The van der Waals surface area contributed by atoms with Crippen molar-refractivity contribution in [2.45, 2.75) is 63.6 Å². The number of carboxylic acid groups (broad SMARTS) is 1. The number of likely N-dealkylation sites (tertiary alicyclic amines) is 1. The van der Waals surface area contributed by atoms with Gasteiger partial charge in [0.15, 0.2) is 0 Å². The second kappa shape index (κ2) is 6.43. The summed E-state index contributed by atoms with van der Waals surface area (Å²) >= 11 is 0. The Balaban J connectivity index is 1.87. The number of amides is 2. The fraction of sp³-hybridized carbons (Fsp3) is 0.857. The van der Waals surface area contributed by atoms with E-state index in [1.165, 1.54) is 11.3 Å². The van der Waals surface area contributed by atoms with Gasteiger partial charge in [-0.3, -0.25) is 0 Å². The highest BCUT2D eigenvalue weighted by Gasteiger charge is 2.39. The summed E-state index contributed by atoms with van der Waals surface area (Å²) in [5.41, 5.74) is 0. The summed E-state index contributed by atoms with van der Waals surface area (Å²) in [5.74, 6) is -0.296. The summed E-state index contributed by atoms with van der Waals surface area (Å²) in [6.07, 6.45) is 4.71. The van der Waals surface area contributed by atoms with Crippen molar-refractivity contribution in [3.8, 4) is 0 Å². The van der Waals surface area contributed by atoms with Crippen molar-refractivity contribution in [1.82, 2.24) is 10.2 Å². The maximum absolute atomic E-state index is 12.2. The van der Waals surface area contributed by atoms with E-state index in [-0.39, 0.29) is 25.0 Å². The van der Waals surface area contributed by atoms with E-state index in [1.54, 1.807) is 0 Å². The van der Waals surface area contributed by atoms with Gasteiger partial charge in [-0.15, -0.1) is 0 Å². The average molecular weight is 284 g/mol. The predicted molar refractivity (Wildman–Crippen MR) is 73.3 cm³/mol. The van der Waals surface area contributed by atoms with E-state index < -0.39 is 18.1 Å². The molecule has 0 aromatic rings. The smallest absolute Gasteiger partial charge is 0.326 e. The first kappa shape index (κ1) is 15.1. The topological polar surface area (TPSA) is 89.9 Å². The molecule has 0 radical (unpaired) electrons. The number of rotatable bonds is 3. The largest absolute Gasteiger partial charge is 0.480 e. The Kier molecular flexibility index (Phi) is 4.86. The molecule has 1 aliphatic carbocycles. The van der Waals surface area contributed by atoms with Gasteiger partial charge in [-0.1, -0.05) is 13.3 Å². The molecule has 1 aliphatic heterocycles. The predicted octanol–water partition coefficient (Wildman–Crippen LogP) is 1.18. The lowest BCUT2D eigenvalue weighted by atomic mass is 9.84. The van der Waals surface area contributed by atoms with Gasteiger partial charge in [-0.2, -0.15) is 0 Å². The standard InChI is InChI=1S/C14H24N2O4/c1-2-9-3-5-10(6-4-9)15-14(20)16-8-11(17)7-12(16)13(18)19/h9-12,17H,2-8H2,1H3,(H,15,20)(H,18,19)/t9?,10?,11-,12-/m0/s1. The minimum atomic E-state index is -1.05. The molecule has 0 aromatic carbocycles. The van der Waals surface area contributed by atoms with Gasteiger partial charge in [0.25, 0.3) is 0 Å². The summed E-state index contributed by atoms with van der Waals surface area (Å²) in [5, 5.41) is 21.6. The number of nitrogens with zero attached hydrogens (tertiary/aromatic N) is 1. The average Bonchev–Trinajstić information content (AvgIpc) is 2.82. The van der Waals surface area contributed by atoms with Crippen LogP contribution >= 0.6 is 0 Å². The van der Waals surface area contributed by atoms with E-state index in [0.29, 0.717) is 0 Å².